The fourth-order valence-electron chi connectivity index (χ4n) is 4.76. The highest BCUT2D eigenvalue weighted by molar-refractivity contribution is 7.99. The van der Waals surface area contributed by atoms with Gasteiger partial charge in [-0.25, -0.2) is 15.0 Å². The number of carbonyl (C=O) groups excluding carboxylic acids is 1. The number of non-ortho nitro benzene ring substituents is 1. The molecule has 10 heteroatoms. The number of hydrogen-bond donors (Lipinski definition) is 1. The number of aromatic nitrogens is 2. The molecule has 0 saturated heterocycles. The van der Waals surface area contributed by atoms with Crippen molar-refractivity contribution in [2.45, 2.75) is 50.1 Å². The molecular weight excluding hydrogens is 542 g/mol. The van der Waals surface area contributed by atoms with E-state index in [-0.39, 0.29) is 17.0 Å². The minimum absolute atomic E-state index is 0.0414. The highest BCUT2D eigenvalue weighted by Crippen LogP contribution is 2.45. The normalized spacial score (nSPS) is 15.1. The van der Waals surface area contributed by atoms with Crippen molar-refractivity contribution in [1.82, 2.24) is 9.97 Å². The van der Waals surface area contributed by atoms with Crippen LogP contribution in [0, 0.1) is 21.4 Å². The summed E-state index contributed by atoms with van der Waals surface area (Å²) in [7, 11) is 0. The van der Waals surface area contributed by atoms with Crippen LogP contribution in [0.25, 0.3) is 0 Å². The second-order valence-corrected chi connectivity index (χ2v) is 12.8. The number of benzene rings is 2. The molecule has 1 N–H and O–H groups in total. The average molecular weight is 572 g/mol. The molecule has 0 aliphatic heterocycles. The van der Waals surface area contributed by atoms with E-state index in [1.165, 1.54) is 40.1 Å². The Balaban J connectivity index is 1.54. The maximum absolute atomic E-state index is 13.6. The van der Waals surface area contributed by atoms with Crippen molar-refractivity contribution in [1.29, 1.82) is 0 Å². The van der Waals surface area contributed by atoms with E-state index in [0.29, 0.717) is 32.9 Å². The number of aliphatic imine (C=N–C) groups is 1. The third-order valence-electron chi connectivity index (χ3n) is 7.00. The first kappa shape index (κ1) is 27.7. The van der Waals surface area contributed by atoms with E-state index >= 15 is 0 Å². The van der Waals surface area contributed by atoms with Crippen molar-refractivity contribution in [2.75, 3.05) is 5.32 Å². The monoisotopic (exact) mass is 571 g/mol. The SMILES string of the molecule is CC(C)(C)[C@H]1CCc2c(sc(N=Cc3cc([N+](=O)[O-])ccc3Sc3ncccn3)c2C(=O)Nc2ccccc2)C1. The van der Waals surface area contributed by atoms with Crippen LogP contribution in [-0.4, -0.2) is 27.0 Å². The Morgan fingerprint density at radius 1 is 1.15 bits per heavy atom. The number of nitro benzene ring substituents is 1. The summed E-state index contributed by atoms with van der Waals surface area (Å²) < 4.78 is 0. The maximum atomic E-state index is 13.6. The Bertz CT molecular complexity index is 1560. The molecular formula is C30H29N5O3S2. The number of nitrogens with zero attached hydrogens (tertiary/aromatic N) is 4. The molecule has 1 aliphatic rings. The van der Waals surface area contributed by atoms with Crippen molar-refractivity contribution < 1.29 is 9.72 Å². The highest BCUT2D eigenvalue weighted by Gasteiger charge is 2.33. The third kappa shape index (κ3) is 6.29. The lowest BCUT2D eigenvalue weighted by Gasteiger charge is -2.33. The van der Waals surface area contributed by atoms with Gasteiger partial charge in [0.1, 0.15) is 5.00 Å². The van der Waals surface area contributed by atoms with Gasteiger partial charge in [-0.15, -0.1) is 11.3 Å². The van der Waals surface area contributed by atoms with Gasteiger partial charge >= 0.3 is 0 Å². The molecule has 0 fully saturated rings. The molecule has 0 radical (unpaired) electrons. The van der Waals surface area contributed by atoms with Crippen LogP contribution < -0.4 is 5.32 Å². The number of amides is 1. The van der Waals surface area contributed by atoms with Crippen molar-refractivity contribution in [3.8, 4) is 0 Å². The number of rotatable bonds is 7. The number of para-hydroxylation sites is 1. The van der Waals surface area contributed by atoms with Crippen LogP contribution in [0.1, 0.15) is 53.6 Å². The van der Waals surface area contributed by atoms with Gasteiger partial charge in [-0.05, 0) is 72.2 Å². The van der Waals surface area contributed by atoms with Gasteiger partial charge in [0.25, 0.3) is 11.6 Å². The minimum atomic E-state index is -0.431. The fourth-order valence-corrected chi connectivity index (χ4v) is 6.82. The minimum Gasteiger partial charge on any atom is -0.322 e. The Kier molecular flexibility index (Phi) is 8.09. The molecule has 1 atom stereocenters. The predicted octanol–water partition coefficient (Wildman–Crippen LogP) is 7.75. The van der Waals surface area contributed by atoms with E-state index in [0.717, 1.165) is 29.7 Å². The van der Waals surface area contributed by atoms with E-state index in [4.69, 9.17) is 4.99 Å². The smallest absolute Gasteiger partial charge is 0.270 e. The van der Waals surface area contributed by atoms with Crippen molar-refractivity contribution in [3.63, 3.8) is 0 Å². The van der Waals surface area contributed by atoms with Crippen LogP contribution in [-0.2, 0) is 12.8 Å². The molecule has 204 valence electrons. The summed E-state index contributed by atoms with van der Waals surface area (Å²) in [5.74, 6) is 0.308. The number of hydrogen-bond acceptors (Lipinski definition) is 8. The molecule has 1 amide bonds. The molecule has 4 aromatic rings. The number of anilines is 1. The van der Waals surface area contributed by atoms with E-state index in [9.17, 15) is 14.9 Å². The Hall–Kier alpha value is -3.89. The summed E-state index contributed by atoms with van der Waals surface area (Å²) in [5.41, 5.74) is 3.02. The molecule has 40 heavy (non-hydrogen) atoms. The number of nitro groups is 1. The largest absolute Gasteiger partial charge is 0.322 e. The first-order valence-corrected chi connectivity index (χ1v) is 14.6. The Morgan fingerprint density at radius 3 is 2.60 bits per heavy atom. The van der Waals surface area contributed by atoms with E-state index < -0.39 is 4.92 Å². The topological polar surface area (TPSA) is 110 Å². The Labute approximate surface area is 241 Å². The van der Waals surface area contributed by atoms with Crippen LogP contribution in [0.5, 0.6) is 0 Å². The number of fused-ring (bicyclic) bond motifs is 1. The van der Waals surface area contributed by atoms with Gasteiger partial charge in [0, 0.05) is 51.8 Å². The van der Waals surface area contributed by atoms with Crippen LogP contribution in [0.15, 0.2) is 82.0 Å². The molecule has 0 unspecified atom stereocenters. The second kappa shape index (κ2) is 11.7. The zero-order valence-corrected chi connectivity index (χ0v) is 24.1. The van der Waals surface area contributed by atoms with Crippen LogP contribution in [0.2, 0.25) is 0 Å². The molecule has 2 heterocycles. The van der Waals surface area contributed by atoms with Crippen molar-refractivity contribution in [3.05, 3.63) is 98.7 Å². The second-order valence-electron chi connectivity index (χ2n) is 10.7. The number of nitrogens with one attached hydrogen (secondary N) is 1. The molecule has 2 aromatic carbocycles. The zero-order chi connectivity index (χ0) is 28.3. The lowest BCUT2D eigenvalue weighted by atomic mass is 9.72. The third-order valence-corrected chi connectivity index (χ3v) is 9.15. The summed E-state index contributed by atoms with van der Waals surface area (Å²) in [5, 5.41) is 15.7. The first-order chi connectivity index (χ1) is 19.2. The van der Waals surface area contributed by atoms with Crippen LogP contribution in [0.4, 0.5) is 16.4 Å². The predicted molar refractivity (Wildman–Crippen MR) is 160 cm³/mol. The molecule has 1 aliphatic carbocycles. The molecule has 8 nitrogen and oxygen atoms in total. The van der Waals surface area contributed by atoms with Crippen LogP contribution in [0.3, 0.4) is 0 Å². The summed E-state index contributed by atoms with van der Waals surface area (Å²) >= 11 is 2.84. The molecule has 5 rings (SSSR count). The number of thiophene rings is 1. The maximum Gasteiger partial charge on any atom is 0.270 e. The van der Waals surface area contributed by atoms with Crippen molar-refractivity contribution >= 4 is 51.6 Å². The van der Waals surface area contributed by atoms with Gasteiger partial charge in [-0.2, -0.15) is 0 Å². The molecule has 0 bridgehead atoms. The van der Waals surface area contributed by atoms with Crippen LogP contribution >= 0.6 is 23.1 Å². The van der Waals surface area contributed by atoms with Gasteiger partial charge in [0.2, 0.25) is 0 Å². The summed E-state index contributed by atoms with van der Waals surface area (Å²) in [4.78, 5) is 40.0. The zero-order valence-electron chi connectivity index (χ0n) is 22.5. The van der Waals surface area contributed by atoms with E-state index in [1.807, 2.05) is 30.3 Å². The van der Waals surface area contributed by atoms with E-state index in [2.05, 4.69) is 36.1 Å². The fraction of sp³-hybridized carbons (Fsp3) is 0.267. The molecule has 0 saturated carbocycles. The average Bonchev–Trinajstić information content (AvgIpc) is 3.31. The van der Waals surface area contributed by atoms with Gasteiger partial charge < -0.3 is 5.32 Å². The summed E-state index contributed by atoms with van der Waals surface area (Å²) in [6, 6.07) is 15.7. The number of carbonyl (C=O) groups is 1. The quantitative estimate of drug-likeness (QED) is 0.105. The molecule has 0 spiro atoms. The lowest BCUT2D eigenvalue weighted by molar-refractivity contribution is -0.384. The summed E-state index contributed by atoms with van der Waals surface area (Å²) in [6.07, 6.45) is 7.61. The summed E-state index contributed by atoms with van der Waals surface area (Å²) in [6.45, 7) is 6.78. The van der Waals surface area contributed by atoms with E-state index in [1.54, 1.807) is 30.7 Å². The standard InChI is InChI=1S/C30H29N5O3S2/c1-30(2,3)20-10-12-23-25(17-20)39-28(26(23)27(36)34-21-8-5-4-6-9-21)33-18-19-16-22(35(37)38)11-13-24(19)40-29-31-14-7-15-32-29/h4-9,11,13-16,18,20H,10,12,17H2,1-3H3,(H,34,36)/t20-/m0/s1. The van der Waals surface area contributed by atoms with Crippen molar-refractivity contribution in [2.24, 2.45) is 16.3 Å². The lowest BCUT2D eigenvalue weighted by Crippen LogP contribution is -2.27. The van der Waals surface area contributed by atoms with Gasteiger partial charge in [0.05, 0.1) is 10.5 Å². The van der Waals surface area contributed by atoms with Gasteiger partial charge in [-0.3, -0.25) is 14.9 Å². The highest BCUT2D eigenvalue weighted by atomic mass is 32.2. The Morgan fingerprint density at radius 2 is 1.90 bits per heavy atom. The first-order valence-electron chi connectivity index (χ1n) is 13.0. The molecule has 2 aromatic heterocycles. The van der Waals surface area contributed by atoms with Gasteiger partial charge in [0.15, 0.2) is 5.16 Å². The van der Waals surface area contributed by atoms with Gasteiger partial charge in [-0.1, -0.05) is 39.0 Å².